The summed E-state index contributed by atoms with van der Waals surface area (Å²) < 4.78 is 12.3. The van der Waals surface area contributed by atoms with Crippen LogP contribution in [0.2, 0.25) is 0 Å². The molecule has 3 heteroatoms. The molecule has 1 fully saturated rings. The van der Waals surface area contributed by atoms with Gasteiger partial charge in [0, 0.05) is 12.2 Å². The zero-order valence-corrected chi connectivity index (χ0v) is 6.05. The van der Waals surface area contributed by atoms with Gasteiger partial charge in [-0.1, -0.05) is 6.07 Å². The number of nitrogens with one attached hydrogen (secondary N) is 1. The number of halogens is 1. The Hall–Kier alpha value is -0.960. The number of nitrogens with zero attached hydrogens (tertiary/aromatic N) is 1. The van der Waals surface area contributed by atoms with Gasteiger partial charge in [-0.2, -0.15) is 4.39 Å². The molecule has 58 valence electrons. The molecule has 0 saturated carbocycles. The second kappa shape index (κ2) is 2.58. The van der Waals surface area contributed by atoms with Crippen molar-refractivity contribution in [3.05, 3.63) is 29.8 Å². The fourth-order valence-corrected chi connectivity index (χ4v) is 1.17. The minimum Gasteiger partial charge on any atom is -0.310 e. The maximum atomic E-state index is 12.3. The second-order valence-electron chi connectivity index (χ2n) is 2.71. The molecule has 2 rings (SSSR count). The molecule has 1 atom stereocenters. The van der Waals surface area contributed by atoms with E-state index in [4.69, 9.17) is 0 Å². The van der Waals surface area contributed by atoms with Crippen molar-refractivity contribution in [2.24, 2.45) is 0 Å². The van der Waals surface area contributed by atoms with E-state index in [-0.39, 0.29) is 0 Å². The molecule has 1 aliphatic heterocycles. The molecule has 1 N–H and O–H groups in total. The summed E-state index contributed by atoms with van der Waals surface area (Å²) in [5.74, 6) is -0.409. The molecular formula is C8H9FN2. The predicted octanol–water partition coefficient (Wildman–Crippen LogP) is 1.26. The Labute approximate surface area is 64.5 Å². The molecule has 1 aromatic rings. The molecule has 1 saturated heterocycles. The average Bonchev–Trinajstić information content (AvgIpc) is 1.90. The van der Waals surface area contributed by atoms with Gasteiger partial charge in [0.15, 0.2) is 0 Å². The lowest BCUT2D eigenvalue weighted by Crippen LogP contribution is -2.34. The van der Waals surface area contributed by atoms with Gasteiger partial charge in [0.1, 0.15) is 0 Å². The van der Waals surface area contributed by atoms with Crippen molar-refractivity contribution in [3.63, 3.8) is 0 Å². The predicted molar refractivity (Wildman–Crippen MR) is 39.6 cm³/mol. The molecule has 11 heavy (non-hydrogen) atoms. The maximum Gasteiger partial charge on any atom is 0.212 e. The Balaban J connectivity index is 2.18. The summed E-state index contributed by atoms with van der Waals surface area (Å²) in [5.41, 5.74) is 1.08. The van der Waals surface area contributed by atoms with Gasteiger partial charge in [0.25, 0.3) is 0 Å². The van der Waals surface area contributed by atoms with Gasteiger partial charge < -0.3 is 5.32 Å². The summed E-state index contributed by atoms with van der Waals surface area (Å²) in [6.45, 7) is 1.06. The molecule has 1 unspecified atom stereocenters. The fourth-order valence-electron chi connectivity index (χ4n) is 1.17. The van der Waals surface area contributed by atoms with Crippen LogP contribution >= 0.6 is 0 Å². The standard InChI is InChI=1S/C8H9FN2/c9-8-2-1-6(5-11-8)7-3-4-10-7/h1-2,5,7,10H,3-4H2. The second-order valence-corrected chi connectivity index (χ2v) is 2.71. The number of aromatic nitrogens is 1. The van der Waals surface area contributed by atoms with Crippen molar-refractivity contribution in [2.45, 2.75) is 12.5 Å². The summed E-state index contributed by atoms with van der Waals surface area (Å²) >= 11 is 0. The number of rotatable bonds is 1. The zero-order valence-electron chi connectivity index (χ0n) is 6.05. The monoisotopic (exact) mass is 152 g/mol. The zero-order chi connectivity index (χ0) is 7.68. The highest BCUT2D eigenvalue weighted by molar-refractivity contribution is 5.16. The Morgan fingerprint density at radius 3 is 2.82 bits per heavy atom. The van der Waals surface area contributed by atoms with Crippen LogP contribution in [0.4, 0.5) is 4.39 Å². The molecular weight excluding hydrogens is 143 g/mol. The quantitative estimate of drug-likeness (QED) is 0.613. The summed E-state index contributed by atoms with van der Waals surface area (Å²) in [7, 11) is 0. The van der Waals surface area contributed by atoms with Crippen LogP contribution in [0.3, 0.4) is 0 Å². The average molecular weight is 152 g/mol. The van der Waals surface area contributed by atoms with E-state index >= 15 is 0 Å². The van der Waals surface area contributed by atoms with Gasteiger partial charge >= 0.3 is 0 Å². The Morgan fingerprint density at radius 2 is 2.36 bits per heavy atom. The van der Waals surface area contributed by atoms with Crippen LogP contribution in [0.25, 0.3) is 0 Å². The minimum atomic E-state index is -0.409. The van der Waals surface area contributed by atoms with Crippen LogP contribution in [0.15, 0.2) is 18.3 Å². The lowest BCUT2D eigenvalue weighted by molar-refractivity contribution is 0.381. The topological polar surface area (TPSA) is 24.9 Å². The SMILES string of the molecule is Fc1ccc(C2CCN2)cn1. The third-order valence-corrected chi connectivity index (χ3v) is 1.98. The first-order chi connectivity index (χ1) is 5.36. The van der Waals surface area contributed by atoms with Gasteiger partial charge in [-0.05, 0) is 24.6 Å². The Bertz CT molecular complexity index is 241. The van der Waals surface area contributed by atoms with Gasteiger partial charge in [0.05, 0.1) is 0 Å². The summed E-state index contributed by atoms with van der Waals surface area (Å²) in [6, 6.07) is 3.58. The van der Waals surface area contributed by atoms with E-state index in [1.54, 1.807) is 12.3 Å². The van der Waals surface area contributed by atoms with Crippen LogP contribution < -0.4 is 5.32 Å². The van der Waals surface area contributed by atoms with Gasteiger partial charge in [-0.3, -0.25) is 0 Å². The largest absolute Gasteiger partial charge is 0.310 e. The van der Waals surface area contributed by atoms with E-state index in [1.165, 1.54) is 6.07 Å². The van der Waals surface area contributed by atoms with Crippen molar-refractivity contribution in [3.8, 4) is 0 Å². The van der Waals surface area contributed by atoms with E-state index in [0.29, 0.717) is 6.04 Å². The first-order valence-electron chi connectivity index (χ1n) is 3.71. The number of hydrogen-bond acceptors (Lipinski definition) is 2. The summed E-state index contributed by atoms with van der Waals surface area (Å²) in [4.78, 5) is 3.58. The number of hydrogen-bond donors (Lipinski definition) is 1. The fraction of sp³-hybridized carbons (Fsp3) is 0.375. The first-order valence-corrected chi connectivity index (χ1v) is 3.71. The Kier molecular flexibility index (Phi) is 1.58. The Morgan fingerprint density at radius 1 is 1.55 bits per heavy atom. The van der Waals surface area contributed by atoms with Crippen LogP contribution in [-0.2, 0) is 0 Å². The van der Waals surface area contributed by atoms with Gasteiger partial charge in [0.2, 0.25) is 5.95 Å². The number of pyridine rings is 1. The maximum absolute atomic E-state index is 12.3. The van der Waals surface area contributed by atoms with E-state index in [1.807, 2.05) is 0 Å². The molecule has 0 bridgehead atoms. The lowest BCUT2D eigenvalue weighted by Gasteiger charge is -2.27. The van der Waals surface area contributed by atoms with Gasteiger partial charge in [-0.25, -0.2) is 4.98 Å². The van der Waals surface area contributed by atoms with Crippen LogP contribution in [0.1, 0.15) is 18.0 Å². The first kappa shape index (κ1) is 6.73. The highest BCUT2D eigenvalue weighted by Gasteiger charge is 2.18. The highest BCUT2D eigenvalue weighted by Crippen LogP contribution is 2.21. The third kappa shape index (κ3) is 1.24. The van der Waals surface area contributed by atoms with Crippen molar-refractivity contribution < 1.29 is 4.39 Å². The normalized spacial score (nSPS) is 22.8. The van der Waals surface area contributed by atoms with Crippen LogP contribution in [-0.4, -0.2) is 11.5 Å². The van der Waals surface area contributed by atoms with E-state index in [9.17, 15) is 4.39 Å². The van der Waals surface area contributed by atoms with E-state index in [0.717, 1.165) is 18.5 Å². The lowest BCUT2D eigenvalue weighted by atomic mass is 10.0. The van der Waals surface area contributed by atoms with E-state index < -0.39 is 5.95 Å². The molecule has 1 aliphatic rings. The third-order valence-electron chi connectivity index (χ3n) is 1.98. The summed E-state index contributed by atoms with van der Waals surface area (Å²) in [6.07, 6.45) is 2.72. The van der Waals surface area contributed by atoms with Crippen LogP contribution in [0, 0.1) is 5.95 Å². The molecule has 0 radical (unpaired) electrons. The minimum absolute atomic E-state index is 0.406. The van der Waals surface area contributed by atoms with E-state index in [2.05, 4.69) is 10.3 Å². The highest BCUT2D eigenvalue weighted by atomic mass is 19.1. The van der Waals surface area contributed by atoms with Gasteiger partial charge in [-0.15, -0.1) is 0 Å². The van der Waals surface area contributed by atoms with Crippen LogP contribution in [0.5, 0.6) is 0 Å². The molecule has 0 aliphatic carbocycles. The smallest absolute Gasteiger partial charge is 0.212 e. The molecule has 2 heterocycles. The molecule has 2 nitrogen and oxygen atoms in total. The molecule has 0 spiro atoms. The summed E-state index contributed by atoms with van der Waals surface area (Å²) in [5, 5.41) is 3.22. The molecule has 0 aromatic carbocycles. The molecule has 1 aromatic heterocycles. The van der Waals surface area contributed by atoms with Crippen molar-refractivity contribution in [1.29, 1.82) is 0 Å². The van der Waals surface area contributed by atoms with Crippen molar-refractivity contribution in [1.82, 2.24) is 10.3 Å². The van der Waals surface area contributed by atoms with Crippen molar-refractivity contribution >= 4 is 0 Å². The molecule has 0 amide bonds. The van der Waals surface area contributed by atoms with Crippen molar-refractivity contribution in [2.75, 3.05) is 6.54 Å².